The van der Waals surface area contributed by atoms with Crippen LogP contribution >= 0.6 is 0 Å². The van der Waals surface area contributed by atoms with Crippen molar-refractivity contribution < 1.29 is 14.7 Å². The molecule has 0 saturated carbocycles. The van der Waals surface area contributed by atoms with Crippen LogP contribution in [-0.4, -0.2) is 46.6 Å². The predicted octanol–water partition coefficient (Wildman–Crippen LogP) is 0.282. The number of nitrogens with zero attached hydrogens (tertiary/aromatic N) is 3. The summed E-state index contributed by atoms with van der Waals surface area (Å²) in [6.07, 6.45) is 4.25. The molecule has 0 aromatic carbocycles. The SMILES string of the molecule is CCC[C@@H](NC(=O)CN(C)c1ncccn1)C(=O)O. The summed E-state index contributed by atoms with van der Waals surface area (Å²) in [4.78, 5) is 32.2. The van der Waals surface area contributed by atoms with Gasteiger partial charge in [-0.25, -0.2) is 14.8 Å². The fourth-order valence-electron chi connectivity index (χ4n) is 1.56. The molecular formula is C12H18N4O3. The third-order valence-electron chi connectivity index (χ3n) is 2.49. The molecule has 1 heterocycles. The highest BCUT2D eigenvalue weighted by molar-refractivity contribution is 5.86. The van der Waals surface area contributed by atoms with Crippen molar-refractivity contribution in [3.63, 3.8) is 0 Å². The van der Waals surface area contributed by atoms with Crippen molar-refractivity contribution >= 4 is 17.8 Å². The average Bonchev–Trinajstić information content (AvgIpc) is 2.39. The molecule has 104 valence electrons. The van der Waals surface area contributed by atoms with Gasteiger partial charge in [0.2, 0.25) is 11.9 Å². The Morgan fingerprint density at radius 2 is 2.05 bits per heavy atom. The Morgan fingerprint density at radius 3 is 2.58 bits per heavy atom. The molecule has 0 aliphatic heterocycles. The number of anilines is 1. The smallest absolute Gasteiger partial charge is 0.326 e. The van der Waals surface area contributed by atoms with Crippen molar-refractivity contribution in [1.29, 1.82) is 0 Å². The Bertz CT molecular complexity index is 424. The van der Waals surface area contributed by atoms with E-state index in [0.717, 1.165) is 0 Å². The van der Waals surface area contributed by atoms with E-state index in [1.165, 1.54) is 0 Å². The van der Waals surface area contributed by atoms with E-state index in [9.17, 15) is 9.59 Å². The van der Waals surface area contributed by atoms with Crippen LogP contribution in [0.2, 0.25) is 0 Å². The molecule has 7 nitrogen and oxygen atoms in total. The van der Waals surface area contributed by atoms with E-state index in [2.05, 4.69) is 15.3 Å². The molecule has 19 heavy (non-hydrogen) atoms. The fourth-order valence-corrected chi connectivity index (χ4v) is 1.56. The molecule has 1 amide bonds. The van der Waals surface area contributed by atoms with Crippen molar-refractivity contribution in [2.75, 3.05) is 18.5 Å². The van der Waals surface area contributed by atoms with Gasteiger partial charge < -0.3 is 15.3 Å². The number of hydrogen-bond donors (Lipinski definition) is 2. The van der Waals surface area contributed by atoms with Gasteiger partial charge in [0.05, 0.1) is 6.54 Å². The van der Waals surface area contributed by atoms with Gasteiger partial charge in [-0.1, -0.05) is 13.3 Å². The molecule has 1 aromatic heterocycles. The topological polar surface area (TPSA) is 95.4 Å². The fraction of sp³-hybridized carbons (Fsp3) is 0.500. The third kappa shape index (κ3) is 4.90. The maximum absolute atomic E-state index is 11.7. The minimum atomic E-state index is -1.02. The lowest BCUT2D eigenvalue weighted by atomic mass is 10.1. The lowest BCUT2D eigenvalue weighted by Crippen LogP contribution is -2.45. The number of carbonyl (C=O) groups excluding carboxylic acids is 1. The Morgan fingerprint density at radius 1 is 1.42 bits per heavy atom. The summed E-state index contributed by atoms with van der Waals surface area (Å²) in [6.45, 7) is 1.88. The van der Waals surface area contributed by atoms with Gasteiger partial charge in [0.25, 0.3) is 0 Å². The van der Waals surface area contributed by atoms with Crippen LogP contribution in [0.3, 0.4) is 0 Å². The summed E-state index contributed by atoms with van der Waals surface area (Å²) in [5.74, 6) is -0.968. The first-order valence-corrected chi connectivity index (χ1v) is 6.05. The Kier molecular flexibility index (Phi) is 5.72. The standard InChI is InChI=1S/C12H18N4O3/c1-3-5-9(11(18)19)15-10(17)8-16(2)12-13-6-4-7-14-12/h4,6-7,9H,3,5,8H2,1-2H3,(H,15,17)(H,18,19)/t9-/m1/s1. The Hall–Kier alpha value is -2.18. The van der Waals surface area contributed by atoms with Gasteiger partial charge in [0.1, 0.15) is 6.04 Å². The second kappa shape index (κ2) is 7.30. The minimum absolute atomic E-state index is 0.0114. The maximum Gasteiger partial charge on any atom is 0.326 e. The number of likely N-dealkylation sites (N-methyl/N-ethyl adjacent to an activating group) is 1. The monoisotopic (exact) mass is 266 g/mol. The number of rotatable bonds is 7. The number of carboxylic acid groups (broad SMARTS) is 1. The highest BCUT2D eigenvalue weighted by atomic mass is 16.4. The predicted molar refractivity (Wildman–Crippen MR) is 69.8 cm³/mol. The van der Waals surface area contributed by atoms with E-state index in [1.54, 1.807) is 30.4 Å². The summed E-state index contributed by atoms with van der Waals surface area (Å²) >= 11 is 0. The molecule has 0 aliphatic rings. The Labute approximate surface area is 111 Å². The summed E-state index contributed by atoms with van der Waals surface area (Å²) in [6, 6.07) is 0.835. The van der Waals surface area contributed by atoms with E-state index in [0.29, 0.717) is 18.8 Å². The summed E-state index contributed by atoms with van der Waals surface area (Å²) < 4.78 is 0. The molecule has 2 N–H and O–H groups in total. The van der Waals surface area contributed by atoms with E-state index in [-0.39, 0.29) is 12.5 Å². The van der Waals surface area contributed by atoms with E-state index >= 15 is 0 Å². The van der Waals surface area contributed by atoms with Crippen LogP contribution in [0, 0.1) is 0 Å². The normalized spacial score (nSPS) is 11.7. The highest BCUT2D eigenvalue weighted by Crippen LogP contribution is 2.02. The van der Waals surface area contributed by atoms with Crippen LogP contribution in [0.5, 0.6) is 0 Å². The number of hydrogen-bond acceptors (Lipinski definition) is 5. The van der Waals surface area contributed by atoms with Crippen LogP contribution in [0.4, 0.5) is 5.95 Å². The molecule has 7 heteroatoms. The molecule has 0 fully saturated rings. The van der Waals surface area contributed by atoms with Crippen molar-refractivity contribution in [3.05, 3.63) is 18.5 Å². The first-order chi connectivity index (χ1) is 9.04. The van der Waals surface area contributed by atoms with Crippen molar-refractivity contribution in [1.82, 2.24) is 15.3 Å². The average molecular weight is 266 g/mol. The zero-order chi connectivity index (χ0) is 14.3. The zero-order valence-corrected chi connectivity index (χ0v) is 11.0. The number of nitrogens with one attached hydrogen (secondary N) is 1. The molecule has 1 aromatic rings. The van der Waals surface area contributed by atoms with Crippen LogP contribution in [-0.2, 0) is 9.59 Å². The van der Waals surface area contributed by atoms with Gasteiger partial charge in [-0.2, -0.15) is 0 Å². The summed E-state index contributed by atoms with van der Waals surface area (Å²) in [5, 5.41) is 11.4. The molecule has 1 atom stereocenters. The van der Waals surface area contributed by atoms with Gasteiger partial charge in [0.15, 0.2) is 0 Å². The first kappa shape index (κ1) is 14.9. The molecule has 0 radical (unpaired) electrons. The second-order valence-corrected chi connectivity index (χ2v) is 4.15. The van der Waals surface area contributed by atoms with E-state index in [1.807, 2.05) is 6.92 Å². The van der Waals surface area contributed by atoms with Crippen LogP contribution in [0.1, 0.15) is 19.8 Å². The second-order valence-electron chi connectivity index (χ2n) is 4.15. The van der Waals surface area contributed by atoms with Gasteiger partial charge in [-0.05, 0) is 12.5 Å². The van der Waals surface area contributed by atoms with Gasteiger partial charge in [-0.15, -0.1) is 0 Å². The first-order valence-electron chi connectivity index (χ1n) is 6.05. The minimum Gasteiger partial charge on any atom is -0.480 e. The van der Waals surface area contributed by atoms with Crippen LogP contribution in [0.15, 0.2) is 18.5 Å². The van der Waals surface area contributed by atoms with Crippen molar-refractivity contribution in [2.24, 2.45) is 0 Å². The van der Waals surface area contributed by atoms with Gasteiger partial charge >= 0.3 is 5.97 Å². The summed E-state index contributed by atoms with van der Waals surface area (Å²) in [7, 11) is 1.67. The van der Waals surface area contributed by atoms with Crippen LogP contribution in [0.25, 0.3) is 0 Å². The number of aliphatic carboxylic acids is 1. The van der Waals surface area contributed by atoms with E-state index < -0.39 is 12.0 Å². The molecular weight excluding hydrogens is 248 g/mol. The zero-order valence-electron chi connectivity index (χ0n) is 11.0. The number of aromatic nitrogens is 2. The van der Waals surface area contributed by atoms with Crippen molar-refractivity contribution in [3.8, 4) is 0 Å². The number of carboxylic acids is 1. The lowest BCUT2D eigenvalue weighted by molar-refractivity contribution is -0.141. The summed E-state index contributed by atoms with van der Waals surface area (Å²) in [5.41, 5.74) is 0. The van der Waals surface area contributed by atoms with Gasteiger partial charge in [0, 0.05) is 19.4 Å². The maximum atomic E-state index is 11.7. The van der Waals surface area contributed by atoms with Crippen LogP contribution < -0.4 is 10.2 Å². The largest absolute Gasteiger partial charge is 0.480 e. The van der Waals surface area contributed by atoms with Gasteiger partial charge in [-0.3, -0.25) is 4.79 Å². The number of carbonyl (C=O) groups is 2. The molecule has 0 unspecified atom stereocenters. The Balaban J connectivity index is 2.52. The highest BCUT2D eigenvalue weighted by Gasteiger charge is 2.19. The third-order valence-corrected chi connectivity index (χ3v) is 2.49. The molecule has 1 rings (SSSR count). The molecule has 0 saturated heterocycles. The van der Waals surface area contributed by atoms with E-state index in [4.69, 9.17) is 5.11 Å². The number of amides is 1. The van der Waals surface area contributed by atoms with Crippen molar-refractivity contribution in [2.45, 2.75) is 25.8 Å². The molecule has 0 bridgehead atoms. The molecule has 0 aliphatic carbocycles. The quantitative estimate of drug-likeness (QED) is 0.736. The molecule has 0 spiro atoms. The lowest BCUT2D eigenvalue weighted by Gasteiger charge is -2.18.